The van der Waals surface area contributed by atoms with Gasteiger partial charge in [0, 0.05) is 0 Å². The fourth-order valence-corrected chi connectivity index (χ4v) is 1.62. The molecule has 0 saturated carbocycles. The van der Waals surface area contributed by atoms with Crippen molar-refractivity contribution in [1.29, 1.82) is 0 Å². The SMILES string of the molecule is CCCCCOc1ccc(/C(CC)=N\O)cc1. The Hall–Kier alpha value is -1.51. The van der Waals surface area contributed by atoms with Crippen molar-refractivity contribution in [2.45, 2.75) is 39.5 Å². The van der Waals surface area contributed by atoms with E-state index in [0.717, 1.165) is 24.3 Å². The van der Waals surface area contributed by atoms with Gasteiger partial charge in [-0.2, -0.15) is 0 Å². The van der Waals surface area contributed by atoms with Crippen molar-refractivity contribution in [1.82, 2.24) is 0 Å². The van der Waals surface area contributed by atoms with Gasteiger partial charge >= 0.3 is 0 Å². The summed E-state index contributed by atoms with van der Waals surface area (Å²) in [5.74, 6) is 0.873. The van der Waals surface area contributed by atoms with Crippen molar-refractivity contribution >= 4 is 5.71 Å². The van der Waals surface area contributed by atoms with Gasteiger partial charge in [0.25, 0.3) is 0 Å². The molecular formula is C14H21NO2. The van der Waals surface area contributed by atoms with E-state index in [4.69, 9.17) is 9.94 Å². The molecule has 1 aromatic rings. The third-order valence-corrected chi connectivity index (χ3v) is 2.66. The lowest BCUT2D eigenvalue weighted by Crippen LogP contribution is -2.00. The molecule has 1 rings (SSSR count). The van der Waals surface area contributed by atoms with Crippen molar-refractivity contribution < 1.29 is 9.94 Å². The number of ether oxygens (including phenoxy) is 1. The summed E-state index contributed by atoms with van der Waals surface area (Å²) in [4.78, 5) is 0. The summed E-state index contributed by atoms with van der Waals surface area (Å²) >= 11 is 0. The van der Waals surface area contributed by atoms with Crippen LogP contribution in [0.4, 0.5) is 0 Å². The molecule has 0 bridgehead atoms. The van der Waals surface area contributed by atoms with Gasteiger partial charge in [-0.25, -0.2) is 0 Å². The van der Waals surface area contributed by atoms with Crippen LogP contribution in [0.25, 0.3) is 0 Å². The maximum Gasteiger partial charge on any atom is 0.119 e. The van der Waals surface area contributed by atoms with Crippen LogP contribution in [0.2, 0.25) is 0 Å². The van der Waals surface area contributed by atoms with Crippen molar-refractivity contribution in [3.63, 3.8) is 0 Å². The van der Waals surface area contributed by atoms with Crippen LogP contribution in [0.3, 0.4) is 0 Å². The third kappa shape index (κ3) is 4.47. The number of rotatable bonds is 7. The molecule has 0 atom stereocenters. The molecule has 94 valence electrons. The molecule has 0 radical (unpaired) electrons. The quantitative estimate of drug-likeness (QED) is 0.337. The van der Waals surface area contributed by atoms with Crippen LogP contribution in [-0.2, 0) is 0 Å². The maximum atomic E-state index is 8.81. The minimum atomic E-state index is 0.697. The van der Waals surface area contributed by atoms with Gasteiger partial charge in [-0.15, -0.1) is 0 Å². The van der Waals surface area contributed by atoms with E-state index < -0.39 is 0 Å². The van der Waals surface area contributed by atoms with Gasteiger partial charge in [-0.05, 0) is 42.7 Å². The molecule has 0 aliphatic carbocycles. The highest BCUT2D eigenvalue weighted by molar-refractivity contribution is 6.00. The summed E-state index contributed by atoms with van der Waals surface area (Å²) in [5.41, 5.74) is 1.64. The van der Waals surface area contributed by atoms with Crippen LogP contribution in [0.15, 0.2) is 29.4 Å². The Morgan fingerprint density at radius 3 is 2.41 bits per heavy atom. The lowest BCUT2D eigenvalue weighted by molar-refractivity contribution is 0.306. The van der Waals surface area contributed by atoms with Crippen LogP contribution in [0.5, 0.6) is 5.75 Å². The maximum absolute atomic E-state index is 8.81. The molecule has 1 aromatic carbocycles. The number of hydrogen-bond donors (Lipinski definition) is 1. The molecule has 1 N–H and O–H groups in total. The molecule has 0 heterocycles. The number of oxime groups is 1. The van der Waals surface area contributed by atoms with E-state index in [1.54, 1.807) is 0 Å². The molecule has 0 fully saturated rings. The molecule has 0 unspecified atom stereocenters. The molecule has 0 aromatic heterocycles. The Labute approximate surface area is 103 Å². The molecule has 0 amide bonds. The number of benzene rings is 1. The van der Waals surface area contributed by atoms with Crippen LogP contribution in [0, 0.1) is 0 Å². The van der Waals surface area contributed by atoms with Crippen LogP contribution < -0.4 is 4.74 Å². The lowest BCUT2D eigenvalue weighted by Gasteiger charge is -2.07. The van der Waals surface area contributed by atoms with Gasteiger partial charge in [0.1, 0.15) is 5.75 Å². The molecule has 3 heteroatoms. The third-order valence-electron chi connectivity index (χ3n) is 2.66. The van der Waals surface area contributed by atoms with Crippen LogP contribution in [-0.4, -0.2) is 17.5 Å². The molecule has 0 aliphatic heterocycles. The highest BCUT2D eigenvalue weighted by Gasteiger charge is 2.01. The fraction of sp³-hybridized carbons (Fsp3) is 0.500. The van der Waals surface area contributed by atoms with E-state index in [-0.39, 0.29) is 0 Å². The second-order valence-electron chi connectivity index (χ2n) is 3.98. The lowest BCUT2D eigenvalue weighted by atomic mass is 10.1. The standard InChI is InChI=1S/C14H21NO2/c1-3-5-6-11-17-13-9-7-12(8-10-13)14(4-2)15-16/h7-10,16H,3-6,11H2,1-2H3/b15-14-. The van der Waals surface area contributed by atoms with E-state index >= 15 is 0 Å². The number of hydrogen-bond acceptors (Lipinski definition) is 3. The first-order valence-electron chi connectivity index (χ1n) is 6.26. The Morgan fingerprint density at radius 1 is 1.18 bits per heavy atom. The summed E-state index contributed by atoms with van der Waals surface area (Å²) < 4.78 is 5.61. The van der Waals surface area contributed by atoms with Crippen LogP contribution >= 0.6 is 0 Å². The molecule has 3 nitrogen and oxygen atoms in total. The normalized spacial score (nSPS) is 11.5. The van der Waals surface area contributed by atoms with E-state index in [1.165, 1.54) is 12.8 Å². The minimum Gasteiger partial charge on any atom is -0.494 e. The Balaban J connectivity index is 2.50. The Kier molecular flexibility index (Phi) is 6.15. The highest BCUT2D eigenvalue weighted by atomic mass is 16.5. The zero-order valence-corrected chi connectivity index (χ0v) is 10.6. The summed E-state index contributed by atoms with van der Waals surface area (Å²) in [6, 6.07) is 7.69. The van der Waals surface area contributed by atoms with E-state index in [0.29, 0.717) is 12.1 Å². The van der Waals surface area contributed by atoms with Gasteiger partial charge < -0.3 is 9.94 Å². The van der Waals surface area contributed by atoms with Crippen molar-refractivity contribution in [2.24, 2.45) is 5.16 Å². The largest absolute Gasteiger partial charge is 0.494 e. The van der Waals surface area contributed by atoms with Crippen molar-refractivity contribution in [2.75, 3.05) is 6.61 Å². The van der Waals surface area contributed by atoms with Gasteiger partial charge in [0.15, 0.2) is 0 Å². The Morgan fingerprint density at radius 2 is 1.88 bits per heavy atom. The van der Waals surface area contributed by atoms with Gasteiger partial charge in [-0.3, -0.25) is 0 Å². The summed E-state index contributed by atoms with van der Waals surface area (Å²) in [7, 11) is 0. The number of unbranched alkanes of at least 4 members (excludes halogenated alkanes) is 2. The predicted octanol–water partition coefficient (Wildman–Crippen LogP) is 3.84. The molecule has 0 spiro atoms. The summed E-state index contributed by atoms with van der Waals surface area (Å²) in [5, 5.41) is 12.1. The van der Waals surface area contributed by atoms with Gasteiger partial charge in [-0.1, -0.05) is 31.8 Å². The van der Waals surface area contributed by atoms with Crippen LogP contribution in [0.1, 0.15) is 45.1 Å². The predicted molar refractivity (Wildman–Crippen MR) is 70.1 cm³/mol. The van der Waals surface area contributed by atoms with E-state index in [9.17, 15) is 0 Å². The average Bonchev–Trinajstić information content (AvgIpc) is 2.38. The van der Waals surface area contributed by atoms with E-state index in [1.807, 2.05) is 31.2 Å². The Bertz CT molecular complexity index is 344. The monoisotopic (exact) mass is 235 g/mol. The zero-order chi connectivity index (χ0) is 12.5. The first-order valence-corrected chi connectivity index (χ1v) is 6.26. The van der Waals surface area contributed by atoms with Gasteiger partial charge in [0.2, 0.25) is 0 Å². The average molecular weight is 235 g/mol. The van der Waals surface area contributed by atoms with Crippen molar-refractivity contribution in [3.8, 4) is 5.75 Å². The topological polar surface area (TPSA) is 41.8 Å². The van der Waals surface area contributed by atoms with Crippen molar-refractivity contribution in [3.05, 3.63) is 29.8 Å². The van der Waals surface area contributed by atoms with E-state index in [2.05, 4.69) is 12.1 Å². The molecular weight excluding hydrogens is 214 g/mol. The smallest absolute Gasteiger partial charge is 0.119 e. The molecule has 17 heavy (non-hydrogen) atoms. The minimum absolute atomic E-state index is 0.697. The number of nitrogens with zero attached hydrogens (tertiary/aromatic N) is 1. The first kappa shape index (κ1) is 13.6. The zero-order valence-electron chi connectivity index (χ0n) is 10.6. The molecule has 0 saturated heterocycles. The summed E-state index contributed by atoms with van der Waals surface area (Å²) in [6.45, 7) is 4.90. The second-order valence-corrected chi connectivity index (χ2v) is 3.98. The fourth-order valence-electron chi connectivity index (χ4n) is 1.62. The highest BCUT2D eigenvalue weighted by Crippen LogP contribution is 2.14. The second kappa shape index (κ2) is 7.71. The van der Waals surface area contributed by atoms with Gasteiger partial charge in [0.05, 0.1) is 12.3 Å². The molecule has 0 aliphatic rings. The summed E-state index contributed by atoms with van der Waals surface area (Å²) in [6.07, 6.45) is 4.22. The first-order chi connectivity index (χ1) is 8.31.